The molecule has 0 fully saturated rings. The molecule has 4 aromatic carbocycles. The maximum atomic E-state index is 10.8. The minimum atomic E-state index is -0.731. The molecule has 0 heterocycles. The molecule has 4 aromatic rings. The van der Waals surface area contributed by atoms with Gasteiger partial charge in [-0.15, -0.1) is 0 Å². The molecule has 4 rings (SSSR count). The van der Waals surface area contributed by atoms with E-state index in [-0.39, 0.29) is 0 Å². The topological polar surface area (TPSA) is 44.8 Å². The summed E-state index contributed by atoms with van der Waals surface area (Å²) in [4.78, 5) is 10.8. The van der Waals surface area contributed by atoms with Crippen LogP contribution in [0.5, 0.6) is 11.5 Å². The number of benzene rings is 4. The highest BCUT2D eigenvalue weighted by Gasteiger charge is 2.37. The maximum absolute atomic E-state index is 10.8. The van der Waals surface area contributed by atoms with Crippen LogP contribution in [-0.2, 0) is 10.3 Å². The molecule has 0 aliphatic rings. The van der Waals surface area contributed by atoms with Gasteiger partial charge in [0.15, 0.2) is 0 Å². The van der Waals surface area contributed by atoms with Crippen LogP contribution in [0.4, 0.5) is 0 Å². The normalized spacial score (nSPS) is 11.1. The van der Waals surface area contributed by atoms with Crippen molar-refractivity contribution >= 4 is 6.29 Å². The molecule has 0 radical (unpaired) electrons. The van der Waals surface area contributed by atoms with Gasteiger partial charge < -0.3 is 14.2 Å². The first-order valence-electron chi connectivity index (χ1n) is 12.3. The molecule has 0 atom stereocenters. The molecular formula is C32H32O4. The fraction of sp³-hybridized carbons (Fsp3) is 0.219. The quantitative estimate of drug-likeness (QED) is 0.117. The number of methoxy groups -OCH3 is 1. The molecule has 4 nitrogen and oxygen atoms in total. The number of rotatable bonds is 13. The molecule has 0 amide bonds. The fourth-order valence-electron chi connectivity index (χ4n) is 4.36. The number of hydrogen-bond acceptors (Lipinski definition) is 4. The lowest BCUT2D eigenvalue weighted by Gasteiger charge is -2.36. The summed E-state index contributed by atoms with van der Waals surface area (Å²) >= 11 is 0. The first-order valence-corrected chi connectivity index (χ1v) is 12.3. The largest absolute Gasteiger partial charge is 0.497 e. The van der Waals surface area contributed by atoms with E-state index in [4.69, 9.17) is 14.2 Å². The highest BCUT2D eigenvalue weighted by atomic mass is 16.5. The van der Waals surface area contributed by atoms with E-state index in [1.54, 1.807) is 19.2 Å². The van der Waals surface area contributed by atoms with Crippen LogP contribution in [0.25, 0.3) is 0 Å². The standard InChI is InChI=1S/C32H32O4/c1-34-30-21-17-29(18-22-30)32(27-11-5-2-6-12-27,28-13-7-3-8-14-28)36-24-10-4-9-23-35-31-19-15-26(25-33)16-20-31/h2-3,5-8,11-22,25H,4,9-10,23-24H2,1H3. The summed E-state index contributed by atoms with van der Waals surface area (Å²) in [5.41, 5.74) is 3.15. The number of carbonyl (C=O) groups excluding carboxylic acids is 1. The lowest BCUT2D eigenvalue weighted by atomic mass is 9.80. The van der Waals surface area contributed by atoms with Gasteiger partial charge in [-0.05, 0) is 72.4 Å². The van der Waals surface area contributed by atoms with Crippen molar-refractivity contribution in [2.75, 3.05) is 20.3 Å². The SMILES string of the molecule is COc1ccc(C(OCCCCCOc2ccc(C=O)cc2)(c2ccccc2)c2ccccc2)cc1. The van der Waals surface area contributed by atoms with Gasteiger partial charge in [0.25, 0.3) is 0 Å². The fourth-order valence-corrected chi connectivity index (χ4v) is 4.36. The molecular weight excluding hydrogens is 448 g/mol. The monoisotopic (exact) mass is 480 g/mol. The number of hydrogen-bond donors (Lipinski definition) is 0. The second kappa shape index (κ2) is 12.7. The Hall–Kier alpha value is -3.89. The Labute approximate surface area is 213 Å². The van der Waals surface area contributed by atoms with Crippen LogP contribution < -0.4 is 9.47 Å². The summed E-state index contributed by atoms with van der Waals surface area (Å²) in [7, 11) is 1.68. The van der Waals surface area contributed by atoms with Gasteiger partial charge in [0.05, 0.1) is 13.7 Å². The molecule has 36 heavy (non-hydrogen) atoms. The summed E-state index contributed by atoms with van der Waals surface area (Å²) in [6.45, 7) is 1.23. The Bertz CT molecular complexity index is 1150. The smallest absolute Gasteiger partial charge is 0.150 e. The number of ether oxygens (including phenoxy) is 3. The van der Waals surface area contributed by atoms with Gasteiger partial charge in [-0.2, -0.15) is 0 Å². The van der Waals surface area contributed by atoms with Crippen molar-refractivity contribution in [2.45, 2.75) is 24.9 Å². The van der Waals surface area contributed by atoms with Gasteiger partial charge in [0, 0.05) is 12.2 Å². The first kappa shape index (κ1) is 25.2. The maximum Gasteiger partial charge on any atom is 0.150 e. The van der Waals surface area contributed by atoms with Crippen molar-refractivity contribution in [3.8, 4) is 11.5 Å². The van der Waals surface area contributed by atoms with Crippen LogP contribution >= 0.6 is 0 Å². The average Bonchev–Trinajstić information content (AvgIpc) is 2.96. The van der Waals surface area contributed by atoms with Crippen molar-refractivity contribution in [3.63, 3.8) is 0 Å². The Morgan fingerprint density at radius 1 is 0.611 bits per heavy atom. The minimum absolute atomic E-state index is 0.601. The third kappa shape index (κ3) is 6.02. The van der Waals surface area contributed by atoms with Crippen molar-refractivity contribution in [1.82, 2.24) is 0 Å². The lowest BCUT2D eigenvalue weighted by molar-refractivity contribution is 0.0104. The molecule has 4 heteroatoms. The predicted molar refractivity (Wildman–Crippen MR) is 143 cm³/mol. The summed E-state index contributed by atoms with van der Waals surface area (Å²) in [6.07, 6.45) is 3.64. The van der Waals surface area contributed by atoms with Crippen LogP contribution in [0.3, 0.4) is 0 Å². The van der Waals surface area contributed by atoms with Gasteiger partial charge in [-0.3, -0.25) is 4.79 Å². The number of aldehydes is 1. The van der Waals surface area contributed by atoms with E-state index in [1.807, 2.05) is 36.4 Å². The molecule has 0 aliphatic heterocycles. The molecule has 0 spiro atoms. The molecule has 184 valence electrons. The van der Waals surface area contributed by atoms with Gasteiger partial charge >= 0.3 is 0 Å². The van der Waals surface area contributed by atoms with Crippen molar-refractivity contribution < 1.29 is 19.0 Å². The van der Waals surface area contributed by atoms with Crippen LogP contribution in [0.15, 0.2) is 109 Å². The zero-order chi connectivity index (χ0) is 25.1. The molecule has 0 aromatic heterocycles. The predicted octanol–water partition coefficient (Wildman–Crippen LogP) is 7.07. The first-order chi connectivity index (χ1) is 17.8. The highest BCUT2D eigenvalue weighted by Crippen LogP contribution is 2.41. The molecule has 0 saturated carbocycles. The van der Waals surface area contributed by atoms with E-state index < -0.39 is 5.60 Å². The molecule has 0 unspecified atom stereocenters. The van der Waals surface area contributed by atoms with Crippen LogP contribution in [0.1, 0.15) is 46.3 Å². The molecule has 0 bridgehead atoms. The van der Waals surface area contributed by atoms with E-state index in [0.29, 0.717) is 18.8 Å². The Morgan fingerprint density at radius 3 is 1.69 bits per heavy atom. The van der Waals surface area contributed by atoms with Gasteiger partial charge in [0.1, 0.15) is 23.4 Å². The van der Waals surface area contributed by atoms with Crippen LogP contribution in [0.2, 0.25) is 0 Å². The van der Waals surface area contributed by atoms with E-state index in [0.717, 1.165) is 53.7 Å². The highest BCUT2D eigenvalue weighted by molar-refractivity contribution is 5.74. The third-order valence-electron chi connectivity index (χ3n) is 6.25. The van der Waals surface area contributed by atoms with Gasteiger partial charge in [0.2, 0.25) is 0 Å². The van der Waals surface area contributed by atoms with E-state index >= 15 is 0 Å². The summed E-state index contributed by atoms with van der Waals surface area (Å²) < 4.78 is 18.1. The number of unbranched alkanes of at least 4 members (excludes halogenated alkanes) is 2. The summed E-state index contributed by atoms with van der Waals surface area (Å²) in [5, 5.41) is 0. The molecule has 0 aliphatic carbocycles. The van der Waals surface area contributed by atoms with E-state index in [9.17, 15) is 4.79 Å². The second-order valence-electron chi connectivity index (χ2n) is 8.59. The second-order valence-corrected chi connectivity index (χ2v) is 8.59. The minimum Gasteiger partial charge on any atom is -0.497 e. The Morgan fingerprint density at radius 2 is 1.14 bits per heavy atom. The van der Waals surface area contributed by atoms with E-state index in [2.05, 4.69) is 60.7 Å². The van der Waals surface area contributed by atoms with Crippen molar-refractivity contribution in [3.05, 3.63) is 131 Å². The van der Waals surface area contributed by atoms with Crippen molar-refractivity contribution in [2.24, 2.45) is 0 Å². The van der Waals surface area contributed by atoms with Crippen LogP contribution in [0, 0.1) is 0 Å². The lowest BCUT2D eigenvalue weighted by Crippen LogP contribution is -2.33. The molecule has 0 saturated heterocycles. The third-order valence-corrected chi connectivity index (χ3v) is 6.25. The number of carbonyl (C=O) groups is 1. The molecule has 0 N–H and O–H groups in total. The zero-order valence-corrected chi connectivity index (χ0v) is 20.6. The summed E-state index contributed by atoms with van der Waals surface area (Å²) in [6, 6.07) is 36.1. The summed E-state index contributed by atoms with van der Waals surface area (Å²) in [5.74, 6) is 1.60. The Balaban J connectivity index is 1.46. The average molecular weight is 481 g/mol. The van der Waals surface area contributed by atoms with Crippen LogP contribution in [-0.4, -0.2) is 26.6 Å². The van der Waals surface area contributed by atoms with Gasteiger partial charge in [-0.1, -0.05) is 72.8 Å². The Kier molecular flexibility index (Phi) is 8.90. The van der Waals surface area contributed by atoms with E-state index in [1.165, 1.54) is 0 Å². The van der Waals surface area contributed by atoms with Crippen molar-refractivity contribution in [1.29, 1.82) is 0 Å². The van der Waals surface area contributed by atoms with Gasteiger partial charge in [-0.25, -0.2) is 0 Å². The zero-order valence-electron chi connectivity index (χ0n) is 20.6.